The Morgan fingerprint density at radius 2 is 1.96 bits per heavy atom. The van der Waals surface area contributed by atoms with Crippen LogP contribution in [0.2, 0.25) is 0 Å². The van der Waals surface area contributed by atoms with Gasteiger partial charge in [-0.1, -0.05) is 17.3 Å². The summed E-state index contributed by atoms with van der Waals surface area (Å²) >= 11 is 0. The van der Waals surface area contributed by atoms with E-state index in [1.807, 2.05) is 24.8 Å². The zero-order valence-electron chi connectivity index (χ0n) is 14.5. The normalized spacial score (nSPS) is 16.7. The number of piperazine rings is 1. The van der Waals surface area contributed by atoms with Crippen molar-refractivity contribution in [2.75, 3.05) is 26.2 Å². The standard InChI is InChI=1S/C18H23FN4O2/c1-13-11-17(25-21-13)12-22-7-9-23(10-8-22)18(24)20-14(2)15-3-5-16(19)6-4-15/h3-6,11,14H,7-10,12H2,1-2H3,(H,20,24). The van der Waals surface area contributed by atoms with Crippen molar-refractivity contribution in [2.45, 2.75) is 26.4 Å². The molecule has 1 aromatic carbocycles. The lowest BCUT2D eigenvalue weighted by Gasteiger charge is -2.34. The summed E-state index contributed by atoms with van der Waals surface area (Å²) in [5.74, 6) is 0.570. The molecule has 2 amide bonds. The number of amides is 2. The van der Waals surface area contributed by atoms with Crippen LogP contribution < -0.4 is 5.32 Å². The second-order valence-corrected chi connectivity index (χ2v) is 6.42. The monoisotopic (exact) mass is 346 g/mol. The number of nitrogens with one attached hydrogen (secondary N) is 1. The molecule has 1 aromatic heterocycles. The molecule has 6 nitrogen and oxygen atoms in total. The first-order valence-electron chi connectivity index (χ1n) is 8.47. The maximum Gasteiger partial charge on any atom is 0.317 e. The van der Waals surface area contributed by atoms with Crippen LogP contribution in [-0.2, 0) is 6.54 Å². The van der Waals surface area contributed by atoms with Crippen LogP contribution in [0.25, 0.3) is 0 Å². The lowest BCUT2D eigenvalue weighted by molar-refractivity contribution is 0.126. The first-order chi connectivity index (χ1) is 12.0. The summed E-state index contributed by atoms with van der Waals surface area (Å²) in [7, 11) is 0. The summed E-state index contributed by atoms with van der Waals surface area (Å²) in [6, 6.07) is 7.87. The number of hydrogen-bond donors (Lipinski definition) is 1. The minimum Gasteiger partial charge on any atom is -0.360 e. The van der Waals surface area contributed by atoms with Gasteiger partial charge in [0.1, 0.15) is 5.82 Å². The van der Waals surface area contributed by atoms with Gasteiger partial charge in [-0.05, 0) is 31.5 Å². The van der Waals surface area contributed by atoms with Gasteiger partial charge in [-0.3, -0.25) is 4.90 Å². The molecule has 0 bridgehead atoms. The molecule has 1 aliphatic heterocycles. The molecule has 0 saturated carbocycles. The van der Waals surface area contributed by atoms with Crippen LogP contribution in [-0.4, -0.2) is 47.2 Å². The smallest absolute Gasteiger partial charge is 0.317 e. The molecule has 1 aliphatic rings. The van der Waals surface area contributed by atoms with Crippen molar-refractivity contribution in [3.05, 3.63) is 53.2 Å². The molecule has 3 rings (SSSR count). The maximum atomic E-state index is 13.0. The van der Waals surface area contributed by atoms with Gasteiger partial charge in [0.15, 0.2) is 5.76 Å². The highest BCUT2D eigenvalue weighted by atomic mass is 19.1. The van der Waals surface area contributed by atoms with Crippen LogP contribution in [0.15, 0.2) is 34.9 Å². The zero-order chi connectivity index (χ0) is 17.8. The summed E-state index contributed by atoms with van der Waals surface area (Å²) in [5, 5.41) is 6.86. The Balaban J connectivity index is 1.47. The molecule has 1 atom stereocenters. The van der Waals surface area contributed by atoms with Crippen LogP contribution >= 0.6 is 0 Å². The van der Waals surface area contributed by atoms with E-state index in [2.05, 4.69) is 15.4 Å². The van der Waals surface area contributed by atoms with E-state index in [-0.39, 0.29) is 17.9 Å². The molecule has 0 radical (unpaired) electrons. The van der Waals surface area contributed by atoms with Crippen molar-refractivity contribution in [1.29, 1.82) is 0 Å². The maximum absolute atomic E-state index is 13.0. The van der Waals surface area contributed by atoms with E-state index in [0.717, 1.165) is 30.1 Å². The number of halogens is 1. The Hall–Kier alpha value is -2.41. The molecule has 2 aromatic rings. The SMILES string of the molecule is Cc1cc(CN2CCN(C(=O)NC(C)c3ccc(F)cc3)CC2)on1. The van der Waals surface area contributed by atoms with Crippen molar-refractivity contribution >= 4 is 6.03 Å². The van der Waals surface area contributed by atoms with Gasteiger partial charge in [-0.25, -0.2) is 9.18 Å². The van der Waals surface area contributed by atoms with E-state index in [1.165, 1.54) is 12.1 Å². The van der Waals surface area contributed by atoms with Crippen molar-refractivity contribution in [1.82, 2.24) is 20.3 Å². The zero-order valence-corrected chi connectivity index (χ0v) is 14.5. The fourth-order valence-corrected chi connectivity index (χ4v) is 2.93. The van der Waals surface area contributed by atoms with Gasteiger partial charge >= 0.3 is 6.03 Å². The summed E-state index contributed by atoms with van der Waals surface area (Å²) in [4.78, 5) is 16.5. The van der Waals surface area contributed by atoms with Crippen molar-refractivity contribution in [3.8, 4) is 0 Å². The number of benzene rings is 1. The minimum atomic E-state index is -0.277. The Kier molecular flexibility index (Phi) is 5.33. The van der Waals surface area contributed by atoms with Gasteiger partial charge in [0, 0.05) is 32.2 Å². The number of aryl methyl sites for hydroxylation is 1. The number of urea groups is 1. The third-order valence-electron chi connectivity index (χ3n) is 4.43. The third-order valence-corrected chi connectivity index (χ3v) is 4.43. The van der Waals surface area contributed by atoms with E-state index in [4.69, 9.17) is 4.52 Å². The average molecular weight is 346 g/mol. The Labute approximate surface area is 146 Å². The summed E-state index contributed by atoms with van der Waals surface area (Å²) in [6.07, 6.45) is 0. The molecular formula is C18H23FN4O2. The number of carbonyl (C=O) groups is 1. The number of carbonyl (C=O) groups excluding carboxylic acids is 1. The van der Waals surface area contributed by atoms with Crippen LogP contribution in [0.5, 0.6) is 0 Å². The van der Waals surface area contributed by atoms with E-state index in [9.17, 15) is 9.18 Å². The molecule has 2 heterocycles. The van der Waals surface area contributed by atoms with Crippen LogP contribution in [0.3, 0.4) is 0 Å². The molecule has 1 N–H and O–H groups in total. The lowest BCUT2D eigenvalue weighted by atomic mass is 10.1. The Bertz CT molecular complexity index is 708. The number of aromatic nitrogens is 1. The van der Waals surface area contributed by atoms with E-state index in [0.29, 0.717) is 19.6 Å². The molecule has 1 fully saturated rings. The van der Waals surface area contributed by atoms with Gasteiger partial charge in [-0.2, -0.15) is 0 Å². The fourth-order valence-electron chi connectivity index (χ4n) is 2.93. The van der Waals surface area contributed by atoms with E-state index < -0.39 is 0 Å². The molecule has 0 aliphatic carbocycles. The first kappa shape index (κ1) is 17.4. The van der Waals surface area contributed by atoms with Gasteiger partial charge in [-0.15, -0.1) is 0 Å². The first-order valence-corrected chi connectivity index (χ1v) is 8.47. The van der Waals surface area contributed by atoms with Crippen molar-refractivity contribution in [2.24, 2.45) is 0 Å². The molecule has 25 heavy (non-hydrogen) atoms. The van der Waals surface area contributed by atoms with Crippen LogP contribution in [0.4, 0.5) is 9.18 Å². The fraction of sp³-hybridized carbons (Fsp3) is 0.444. The highest BCUT2D eigenvalue weighted by Crippen LogP contribution is 2.14. The molecule has 134 valence electrons. The largest absolute Gasteiger partial charge is 0.360 e. The van der Waals surface area contributed by atoms with E-state index >= 15 is 0 Å². The summed E-state index contributed by atoms with van der Waals surface area (Å²) in [6.45, 7) is 7.41. The number of nitrogens with zero attached hydrogens (tertiary/aromatic N) is 3. The number of hydrogen-bond acceptors (Lipinski definition) is 4. The molecule has 1 unspecified atom stereocenters. The quantitative estimate of drug-likeness (QED) is 0.925. The Morgan fingerprint density at radius 1 is 1.28 bits per heavy atom. The second-order valence-electron chi connectivity index (χ2n) is 6.42. The molecular weight excluding hydrogens is 323 g/mol. The lowest BCUT2D eigenvalue weighted by Crippen LogP contribution is -2.51. The minimum absolute atomic E-state index is 0.0908. The number of rotatable bonds is 4. The Morgan fingerprint density at radius 3 is 2.56 bits per heavy atom. The summed E-state index contributed by atoms with van der Waals surface area (Å²) in [5.41, 5.74) is 1.76. The molecule has 1 saturated heterocycles. The van der Waals surface area contributed by atoms with Gasteiger partial charge < -0.3 is 14.7 Å². The predicted octanol–water partition coefficient (Wildman–Crippen LogP) is 2.71. The molecule has 0 spiro atoms. The van der Waals surface area contributed by atoms with Crippen molar-refractivity contribution < 1.29 is 13.7 Å². The van der Waals surface area contributed by atoms with E-state index in [1.54, 1.807) is 12.1 Å². The highest BCUT2D eigenvalue weighted by molar-refractivity contribution is 5.74. The second kappa shape index (κ2) is 7.65. The van der Waals surface area contributed by atoms with Gasteiger partial charge in [0.2, 0.25) is 0 Å². The van der Waals surface area contributed by atoms with Crippen molar-refractivity contribution in [3.63, 3.8) is 0 Å². The molecule has 7 heteroatoms. The topological polar surface area (TPSA) is 61.6 Å². The van der Waals surface area contributed by atoms with Crippen LogP contribution in [0, 0.1) is 12.7 Å². The summed E-state index contributed by atoms with van der Waals surface area (Å²) < 4.78 is 18.2. The highest BCUT2D eigenvalue weighted by Gasteiger charge is 2.23. The average Bonchev–Trinajstić information content (AvgIpc) is 3.01. The van der Waals surface area contributed by atoms with Crippen LogP contribution in [0.1, 0.15) is 30.0 Å². The third kappa shape index (κ3) is 4.57. The van der Waals surface area contributed by atoms with Gasteiger partial charge in [0.25, 0.3) is 0 Å². The predicted molar refractivity (Wildman–Crippen MR) is 91.4 cm³/mol. The van der Waals surface area contributed by atoms with Gasteiger partial charge in [0.05, 0.1) is 18.3 Å².